The average molecular weight is 328 g/mol. The molecule has 0 fully saturated rings. The Labute approximate surface area is 118 Å². The van der Waals surface area contributed by atoms with E-state index in [1.54, 1.807) is 6.92 Å². The standard InChI is InChI=1S/C8H10ClN3O5S2/c1-2-10-6(13)4-11-19(16,17)7-3-5(12(14)15)8(9)18-7/h3,11H,2,4H2,1H3,(H,10,13). The Morgan fingerprint density at radius 2 is 2.21 bits per heavy atom. The van der Waals surface area contributed by atoms with Crippen molar-refractivity contribution in [1.29, 1.82) is 0 Å². The van der Waals surface area contributed by atoms with E-state index < -0.39 is 33.1 Å². The summed E-state index contributed by atoms with van der Waals surface area (Å²) in [5.74, 6) is -0.497. The lowest BCUT2D eigenvalue weighted by Crippen LogP contribution is -2.36. The van der Waals surface area contributed by atoms with Crippen LogP contribution in [-0.4, -0.2) is 32.3 Å². The van der Waals surface area contributed by atoms with Gasteiger partial charge in [0.1, 0.15) is 4.21 Å². The summed E-state index contributed by atoms with van der Waals surface area (Å²) in [7, 11) is -3.99. The number of rotatable bonds is 6. The maximum absolute atomic E-state index is 11.8. The number of hydrogen-bond donors (Lipinski definition) is 2. The van der Waals surface area contributed by atoms with Gasteiger partial charge in [-0.15, -0.1) is 11.3 Å². The molecule has 0 saturated heterocycles. The first-order chi connectivity index (χ1) is 8.77. The van der Waals surface area contributed by atoms with Gasteiger partial charge in [-0.1, -0.05) is 11.6 Å². The Hall–Kier alpha value is -1.23. The lowest BCUT2D eigenvalue weighted by Gasteiger charge is -2.04. The summed E-state index contributed by atoms with van der Waals surface area (Å²) in [5, 5.41) is 13.0. The Morgan fingerprint density at radius 1 is 1.58 bits per heavy atom. The third kappa shape index (κ3) is 4.13. The molecule has 0 aliphatic heterocycles. The topological polar surface area (TPSA) is 118 Å². The predicted molar refractivity (Wildman–Crippen MR) is 69.9 cm³/mol. The minimum Gasteiger partial charge on any atom is -0.355 e. The van der Waals surface area contributed by atoms with Crippen LogP contribution >= 0.6 is 22.9 Å². The van der Waals surface area contributed by atoms with Gasteiger partial charge in [0, 0.05) is 12.6 Å². The molecule has 1 rings (SSSR count). The highest BCUT2D eigenvalue weighted by Gasteiger charge is 2.25. The van der Waals surface area contributed by atoms with Crippen LogP contribution in [0.15, 0.2) is 10.3 Å². The Morgan fingerprint density at radius 3 is 2.68 bits per heavy atom. The van der Waals surface area contributed by atoms with Gasteiger partial charge in [-0.25, -0.2) is 13.1 Å². The molecule has 0 radical (unpaired) electrons. The molecule has 0 aliphatic rings. The van der Waals surface area contributed by atoms with E-state index in [9.17, 15) is 23.3 Å². The number of amides is 1. The van der Waals surface area contributed by atoms with Crippen LogP contribution in [0.1, 0.15) is 6.92 Å². The molecule has 0 aliphatic carbocycles. The minimum atomic E-state index is -3.99. The number of sulfonamides is 1. The summed E-state index contributed by atoms with van der Waals surface area (Å²) < 4.78 is 25.0. The number of nitrogens with zero attached hydrogens (tertiary/aromatic N) is 1. The van der Waals surface area contributed by atoms with Gasteiger partial charge in [0.2, 0.25) is 5.91 Å². The predicted octanol–water partition coefficient (Wildman–Crippen LogP) is 0.724. The highest BCUT2D eigenvalue weighted by molar-refractivity contribution is 7.91. The molecule has 2 N–H and O–H groups in total. The summed E-state index contributed by atoms with van der Waals surface area (Å²) in [6, 6.07) is 0.854. The maximum Gasteiger partial charge on any atom is 0.300 e. The molecule has 0 unspecified atom stereocenters. The molecule has 1 amide bonds. The third-order valence-electron chi connectivity index (χ3n) is 1.90. The lowest BCUT2D eigenvalue weighted by molar-refractivity contribution is -0.384. The molecule has 0 spiro atoms. The zero-order valence-electron chi connectivity index (χ0n) is 9.67. The Balaban J connectivity index is 2.86. The molecule has 11 heteroatoms. The van der Waals surface area contributed by atoms with Crippen molar-refractivity contribution in [2.24, 2.45) is 0 Å². The summed E-state index contributed by atoms with van der Waals surface area (Å²) in [5.41, 5.74) is -0.481. The molecule has 1 aromatic rings. The fourth-order valence-corrected chi connectivity index (χ4v) is 3.78. The van der Waals surface area contributed by atoms with Crippen molar-refractivity contribution in [3.05, 3.63) is 20.5 Å². The molecule has 1 heterocycles. The normalized spacial score (nSPS) is 11.3. The molecular weight excluding hydrogens is 318 g/mol. The lowest BCUT2D eigenvalue weighted by atomic mass is 10.6. The van der Waals surface area contributed by atoms with Crippen molar-refractivity contribution in [2.45, 2.75) is 11.1 Å². The number of carbonyl (C=O) groups excluding carboxylic acids is 1. The first kappa shape index (κ1) is 15.8. The number of nitrogens with one attached hydrogen (secondary N) is 2. The number of halogens is 1. The van der Waals surface area contributed by atoms with Crippen molar-refractivity contribution < 1.29 is 18.1 Å². The van der Waals surface area contributed by atoms with E-state index in [1.807, 2.05) is 4.72 Å². The van der Waals surface area contributed by atoms with Crippen molar-refractivity contribution in [3.63, 3.8) is 0 Å². The second kappa shape index (κ2) is 6.28. The average Bonchev–Trinajstić information content (AvgIpc) is 2.70. The minimum absolute atomic E-state index is 0.233. The number of carbonyl (C=O) groups is 1. The highest BCUT2D eigenvalue weighted by Crippen LogP contribution is 2.35. The number of nitro groups is 1. The number of likely N-dealkylation sites (N-methyl/N-ethyl adjacent to an activating group) is 1. The first-order valence-electron chi connectivity index (χ1n) is 4.98. The van der Waals surface area contributed by atoms with Crippen molar-refractivity contribution >= 4 is 44.6 Å². The smallest absolute Gasteiger partial charge is 0.300 e. The van der Waals surface area contributed by atoms with Crippen LogP contribution in [-0.2, 0) is 14.8 Å². The number of hydrogen-bond acceptors (Lipinski definition) is 6. The van der Waals surface area contributed by atoms with Gasteiger partial charge >= 0.3 is 0 Å². The fraction of sp³-hybridized carbons (Fsp3) is 0.375. The van der Waals surface area contributed by atoms with Crippen LogP contribution in [0.2, 0.25) is 4.34 Å². The van der Waals surface area contributed by atoms with Crippen LogP contribution in [0.25, 0.3) is 0 Å². The van der Waals surface area contributed by atoms with E-state index in [0.29, 0.717) is 17.9 Å². The zero-order chi connectivity index (χ0) is 14.6. The number of thiophene rings is 1. The second-order valence-corrected chi connectivity index (χ2v) is 6.91. The van der Waals surface area contributed by atoms with E-state index in [1.165, 1.54) is 0 Å². The van der Waals surface area contributed by atoms with Crippen LogP contribution in [0.5, 0.6) is 0 Å². The van der Waals surface area contributed by atoms with E-state index in [4.69, 9.17) is 11.6 Å². The molecule has 1 aromatic heterocycles. The molecule has 106 valence electrons. The quantitative estimate of drug-likeness (QED) is 0.589. The largest absolute Gasteiger partial charge is 0.355 e. The molecule has 19 heavy (non-hydrogen) atoms. The van der Waals surface area contributed by atoms with E-state index in [2.05, 4.69) is 5.32 Å². The van der Waals surface area contributed by atoms with Gasteiger partial charge in [-0.2, -0.15) is 0 Å². The SMILES string of the molecule is CCNC(=O)CNS(=O)(=O)c1cc([N+](=O)[O-])c(Cl)s1. The van der Waals surface area contributed by atoms with Crippen LogP contribution in [0.4, 0.5) is 5.69 Å². The molecule has 0 bridgehead atoms. The van der Waals surface area contributed by atoms with Crippen LogP contribution in [0, 0.1) is 10.1 Å². The first-order valence-corrected chi connectivity index (χ1v) is 7.65. The summed E-state index contributed by atoms with van der Waals surface area (Å²) in [4.78, 5) is 20.9. The molecule has 8 nitrogen and oxygen atoms in total. The summed E-state index contributed by atoms with van der Waals surface area (Å²) in [6.07, 6.45) is 0. The molecular formula is C8H10ClN3O5S2. The highest BCUT2D eigenvalue weighted by atomic mass is 35.5. The van der Waals surface area contributed by atoms with Gasteiger partial charge in [0.05, 0.1) is 11.5 Å². The molecule has 0 aromatic carbocycles. The van der Waals surface area contributed by atoms with E-state index in [-0.39, 0.29) is 8.55 Å². The van der Waals surface area contributed by atoms with Gasteiger partial charge < -0.3 is 5.32 Å². The monoisotopic (exact) mass is 327 g/mol. The molecule has 0 atom stereocenters. The van der Waals surface area contributed by atoms with Gasteiger partial charge in [-0.3, -0.25) is 14.9 Å². The molecule has 0 saturated carbocycles. The maximum atomic E-state index is 11.8. The van der Waals surface area contributed by atoms with Crippen molar-refractivity contribution in [2.75, 3.05) is 13.1 Å². The van der Waals surface area contributed by atoms with Gasteiger partial charge in [0.25, 0.3) is 15.7 Å². The zero-order valence-corrected chi connectivity index (χ0v) is 12.1. The van der Waals surface area contributed by atoms with Crippen LogP contribution < -0.4 is 10.0 Å². The second-order valence-electron chi connectivity index (χ2n) is 3.26. The van der Waals surface area contributed by atoms with Crippen molar-refractivity contribution in [1.82, 2.24) is 10.0 Å². The van der Waals surface area contributed by atoms with Crippen molar-refractivity contribution in [3.8, 4) is 0 Å². The Bertz CT molecular complexity index is 598. The Kier molecular flexibility index (Phi) is 5.23. The van der Waals surface area contributed by atoms with Gasteiger partial charge in [0.15, 0.2) is 4.34 Å². The van der Waals surface area contributed by atoms with Gasteiger partial charge in [-0.05, 0) is 6.92 Å². The third-order valence-corrected chi connectivity index (χ3v) is 5.12. The van der Waals surface area contributed by atoms with E-state index >= 15 is 0 Å². The fourth-order valence-electron chi connectivity index (χ4n) is 1.09. The summed E-state index contributed by atoms with van der Waals surface area (Å²) in [6.45, 7) is 1.62. The summed E-state index contributed by atoms with van der Waals surface area (Å²) >= 11 is 6.12. The van der Waals surface area contributed by atoms with E-state index in [0.717, 1.165) is 6.07 Å². The van der Waals surface area contributed by atoms with Crippen LogP contribution in [0.3, 0.4) is 0 Å².